The van der Waals surface area contributed by atoms with Gasteiger partial charge in [-0.25, -0.2) is 13.6 Å². The fourth-order valence-electron chi connectivity index (χ4n) is 2.74. The van der Waals surface area contributed by atoms with Gasteiger partial charge in [-0.15, -0.1) is 0 Å². The maximum absolute atomic E-state index is 13.4. The number of nitrogens with zero attached hydrogens (tertiary/aromatic N) is 1. The minimum Gasteiger partial charge on any atom is -0.317 e. The van der Waals surface area contributed by atoms with Gasteiger partial charge < -0.3 is 10.2 Å². The van der Waals surface area contributed by atoms with Crippen molar-refractivity contribution in [1.82, 2.24) is 4.90 Å². The minimum atomic E-state index is -0.406. The van der Waals surface area contributed by atoms with E-state index in [1.165, 1.54) is 30.3 Å². The summed E-state index contributed by atoms with van der Waals surface area (Å²) in [6.45, 7) is 2.28. The molecule has 114 valence electrons. The van der Waals surface area contributed by atoms with Crippen molar-refractivity contribution in [1.29, 1.82) is 0 Å². The number of fused-ring (bicyclic) bond motifs is 1. The summed E-state index contributed by atoms with van der Waals surface area (Å²) in [6, 6.07) is 10.1. The Morgan fingerprint density at radius 1 is 1.14 bits per heavy atom. The van der Waals surface area contributed by atoms with Crippen LogP contribution in [0.1, 0.15) is 18.1 Å². The maximum atomic E-state index is 13.4. The van der Waals surface area contributed by atoms with Crippen molar-refractivity contribution >= 4 is 11.7 Å². The number of benzene rings is 2. The zero-order valence-electron chi connectivity index (χ0n) is 12.1. The quantitative estimate of drug-likeness (QED) is 0.850. The minimum absolute atomic E-state index is 0.00785. The molecule has 0 radical (unpaired) electrons. The van der Waals surface area contributed by atoms with Crippen molar-refractivity contribution in [3.63, 3.8) is 0 Å². The normalized spacial score (nSPS) is 17.0. The highest BCUT2D eigenvalue weighted by Crippen LogP contribution is 2.25. The lowest BCUT2D eigenvalue weighted by Gasteiger charge is -2.34. The van der Waals surface area contributed by atoms with E-state index in [0.29, 0.717) is 18.7 Å². The van der Waals surface area contributed by atoms with Crippen LogP contribution in [0.4, 0.5) is 19.3 Å². The number of carbonyl (C=O) groups is 1. The van der Waals surface area contributed by atoms with Gasteiger partial charge in [-0.2, -0.15) is 0 Å². The third-order valence-electron chi connectivity index (χ3n) is 3.89. The summed E-state index contributed by atoms with van der Waals surface area (Å²) in [5.74, 6) is -0.712. The van der Waals surface area contributed by atoms with Gasteiger partial charge in [-0.3, -0.25) is 0 Å². The van der Waals surface area contributed by atoms with Crippen LogP contribution < -0.4 is 5.32 Å². The van der Waals surface area contributed by atoms with Crippen LogP contribution in [0.15, 0.2) is 42.5 Å². The Balaban J connectivity index is 1.78. The van der Waals surface area contributed by atoms with Gasteiger partial charge in [-0.1, -0.05) is 12.1 Å². The second-order valence-corrected chi connectivity index (χ2v) is 5.53. The van der Waals surface area contributed by atoms with E-state index in [-0.39, 0.29) is 17.9 Å². The SMILES string of the molecule is C[C@H]1Cc2ccc(F)cc2CN1C(=O)Nc1cccc(F)c1. The lowest BCUT2D eigenvalue weighted by atomic mass is 9.95. The fourth-order valence-corrected chi connectivity index (χ4v) is 2.74. The van der Waals surface area contributed by atoms with E-state index in [1.54, 1.807) is 17.0 Å². The first-order valence-electron chi connectivity index (χ1n) is 7.13. The molecule has 0 fully saturated rings. The summed E-state index contributed by atoms with van der Waals surface area (Å²) in [7, 11) is 0. The van der Waals surface area contributed by atoms with E-state index in [2.05, 4.69) is 5.32 Å². The van der Waals surface area contributed by atoms with Crippen LogP contribution in [0.3, 0.4) is 0 Å². The molecule has 2 aromatic carbocycles. The number of halogens is 2. The van der Waals surface area contributed by atoms with Crippen LogP contribution in [0.25, 0.3) is 0 Å². The lowest BCUT2D eigenvalue weighted by molar-refractivity contribution is 0.182. The molecule has 0 aliphatic carbocycles. The Labute approximate surface area is 127 Å². The summed E-state index contributed by atoms with van der Waals surface area (Å²) in [6.07, 6.45) is 0.673. The van der Waals surface area contributed by atoms with Crippen LogP contribution in [0.2, 0.25) is 0 Å². The van der Waals surface area contributed by atoms with Crippen molar-refractivity contribution in [2.24, 2.45) is 0 Å². The number of hydrogen-bond donors (Lipinski definition) is 1. The van der Waals surface area contributed by atoms with Gasteiger partial charge in [0, 0.05) is 18.3 Å². The molecule has 1 heterocycles. The second kappa shape index (κ2) is 5.75. The van der Waals surface area contributed by atoms with Crippen molar-refractivity contribution in [2.45, 2.75) is 25.9 Å². The van der Waals surface area contributed by atoms with Gasteiger partial charge in [0.25, 0.3) is 0 Å². The topological polar surface area (TPSA) is 32.3 Å². The Hall–Kier alpha value is -2.43. The van der Waals surface area contributed by atoms with E-state index < -0.39 is 5.82 Å². The molecule has 0 unspecified atom stereocenters. The Morgan fingerprint density at radius 2 is 1.91 bits per heavy atom. The van der Waals surface area contributed by atoms with E-state index in [4.69, 9.17) is 0 Å². The van der Waals surface area contributed by atoms with Crippen LogP contribution in [-0.2, 0) is 13.0 Å². The first-order valence-corrected chi connectivity index (χ1v) is 7.13. The van der Waals surface area contributed by atoms with Gasteiger partial charge in [0.2, 0.25) is 0 Å². The first kappa shape index (κ1) is 14.5. The molecule has 1 N–H and O–H groups in total. The molecule has 0 saturated carbocycles. The predicted octanol–water partition coefficient (Wildman–Crippen LogP) is 3.94. The van der Waals surface area contributed by atoms with E-state index in [0.717, 1.165) is 11.1 Å². The van der Waals surface area contributed by atoms with Crippen LogP contribution in [0.5, 0.6) is 0 Å². The van der Waals surface area contributed by atoms with E-state index >= 15 is 0 Å². The molecule has 2 aromatic rings. The number of urea groups is 1. The zero-order valence-corrected chi connectivity index (χ0v) is 12.1. The average molecular weight is 302 g/mol. The molecule has 3 rings (SSSR count). The largest absolute Gasteiger partial charge is 0.322 e. The van der Waals surface area contributed by atoms with Crippen LogP contribution in [-0.4, -0.2) is 17.0 Å². The summed E-state index contributed by atoms with van der Waals surface area (Å²) in [4.78, 5) is 14.0. The van der Waals surface area contributed by atoms with Crippen molar-refractivity contribution in [3.8, 4) is 0 Å². The molecule has 1 atom stereocenters. The number of carbonyl (C=O) groups excluding carboxylic acids is 1. The summed E-state index contributed by atoms with van der Waals surface area (Å²) >= 11 is 0. The van der Waals surface area contributed by atoms with Crippen molar-refractivity contribution < 1.29 is 13.6 Å². The molecule has 0 bridgehead atoms. The Bertz CT molecular complexity index is 718. The number of nitrogens with one attached hydrogen (secondary N) is 1. The molecule has 1 aliphatic rings. The van der Waals surface area contributed by atoms with Crippen LogP contribution >= 0.6 is 0 Å². The summed E-state index contributed by atoms with van der Waals surface area (Å²) in [5, 5.41) is 2.68. The zero-order chi connectivity index (χ0) is 15.7. The van der Waals surface area contributed by atoms with E-state index in [1.807, 2.05) is 6.92 Å². The van der Waals surface area contributed by atoms with Gasteiger partial charge in [-0.05, 0) is 54.8 Å². The number of anilines is 1. The monoisotopic (exact) mass is 302 g/mol. The highest BCUT2D eigenvalue weighted by Gasteiger charge is 2.27. The van der Waals surface area contributed by atoms with Gasteiger partial charge >= 0.3 is 6.03 Å². The van der Waals surface area contributed by atoms with Gasteiger partial charge in [0.15, 0.2) is 0 Å². The third-order valence-corrected chi connectivity index (χ3v) is 3.89. The molecular weight excluding hydrogens is 286 g/mol. The van der Waals surface area contributed by atoms with Gasteiger partial charge in [0.05, 0.1) is 0 Å². The number of hydrogen-bond acceptors (Lipinski definition) is 1. The van der Waals surface area contributed by atoms with Gasteiger partial charge in [0.1, 0.15) is 11.6 Å². The Kier molecular flexibility index (Phi) is 3.79. The average Bonchev–Trinajstić information content (AvgIpc) is 2.47. The number of amides is 2. The highest BCUT2D eigenvalue weighted by atomic mass is 19.1. The molecule has 0 aromatic heterocycles. The van der Waals surface area contributed by atoms with Crippen LogP contribution in [0, 0.1) is 11.6 Å². The third kappa shape index (κ3) is 2.93. The highest BCUT2D eigenvalue weighted by molar-refractivity contribution is 5.89. The molecule has 3 nitrogen and oxygen atoms in total. The van der Waals surface area contributed by atoms with Crippen molar-refractivity contribution in [3.05, 3.63) is 65.2 Å². The fraction of sp³-hybridized carbons (Fsp3) is 0.235. The molecular formula is C17H16F2N2O. The molecule has 2 amide bonds. The molecule has 0 spiro atoms. The smallest absolute Gasteiger partial charge is 0.317 e. The summed E-state index contributed by atoms with van der Waals surface area (Å²) < 4.78 is 26.5. The van der Waals surface area contributed by atoms with E-state index in [9.17, 15) is 13.6 Å². The predicted molar refractivity (Wildman–Crippen MR) is 80.5 cm³/mol. The molecule has 22 heavy (non-hydrogen) atoms. The standard InChI is InChI=1S/C17H16F2N2O/c1-11-7-12-5-6-15(19)8-13(12)10-21(11)17(22)20-16-4-2-3-14(18)9-16/h2-6,8-9,11H,7,10H2,1H3,(H,20,22)/t11-/m0/s1. The van der Waals surface area contributed by atoms with Crippen molar-refractivity contribution in [2.75, 3.05) is 5.32 Å². The lowest BCUT2D eigenvalue weighted by Crippen LogP contribution is -2.44. The molecule has 1 aliphatic heterocycles. The molecule has 0 saturated heterocycles. The first-order chi connectivity index (χ1) is 10.5. The maximum Gasteiger partial charge on any atom is 0.322 e. The Morgan fingerprint density at radius 3 is 2.68 bits per heavy atom. The summed E-state index contributed by atoms with van der Waals surface area (Å²) in [5.41, 5.74) is 2.28. The molecule has 5 heteroatoms. The number of rotatable bonds is 1. The second-order valence-electron chi connectivity index (χ2n) is 5.53.